The zero-order valence-corrected chi connectivity index (χ0v) is 20.6. The Morgan fingerprint density at radius 3 is 2.27 bits per heavy atom. The first kappa shape index (κ1) is 23.3. The molecule has 0 radical (unpaired) electrons. The van der Waals surface area contributed by atoms with E-state index in [-0.39, 0.29) is 5.91 Å². The van der Waals surface area contributed by atoms with Crippen molar-refractivity contribution in [1.29, 1.82) is 0 Å². The van der Waals surface area contributed by atoms with Crippen LogP contribution in [0.2, 0.25) is 0 Å². The molecule has 3 nitrogen and oxygen atoms in total. The first-order chi connectivity index (χ1) is 16.1. The van der Waals surface area contributed by atoms with Crippen molar-refractivity contribution in [2.45, 2.75) is 38.0 Å². The lowest BCUT2D eigenvalue weighted by atomic mass is 10.0. The van der Waals surface area contributed by atoms with Crippen LogP contribution in [0.5, 0.6) is 0 Å². The van der Waals surface area contributed by atoms with Gasteiger partial charge in [0.05, 0.1) is 5.69 Å². The predicted octanol–water partition coefficient (Wildman–Crippen LogP) is 7.86. The molecule has 1 aromatic heterocycles. The van der Waals surface area contributed by atoms with E-state index in [0.717, 1.165) is 29.9 Å². The first-order valence-corrected chi connectivity index (χ1v) is 13.1. The van der Waals surface area contributed by atoms with Gasteiger partial charge in [-0.25, -0.2) is 4.98 Å². The normalized spacial score (nSPS) is 10.8. The monoisotopic (exact) mass is 472 g/mol. The van der Waals surface area contributed by atoms with Crippen LogP contribution in [0, 0.1) is 6.92 Å². The fourth-order valence-corrected chi connectivity index (χ4v) is 5.51. The third-order valence-corrected chi connectivity index (χ3v) is 7.35. The highest BCUT2D eigenvalue weighted by Gasteiger charge is 2.15. The Labute approximate surface area is 204 Å². The summed E-state index contributed by atoms with van der Waals surface area (Å²) < 4.78 is 0. The number of nitrogens with zero attached hydrogens (tertiary/aromatic N) is 1. The second-order valence-corrected chi connectivity index (χ2v) is 10.2. The molecule has 0 aliphatic rings. The number of carbonyl (C=O) groups excluding carboxylic acids is 1. The van der Waals surface area contributed by atoms with Crippen molar-refractivity contribution in [1.82, 2.24) is 4.98 Å². The van der Waals surface area contributed by atoms with Gasteiger partial charge in [0, 0.05) is 27.5 Å². The minimum atomic E-state index is 0.0115. The molecular weight excluding hydrogens is 444 g/mol. The number of amides is 1. The minimum absolute atomic E-state index is 0.0115. The average Bonchev–Trinajstić information content (AvgIpc) is 3.23. The van der Waals surface area contributed by atoms with Crippen LogP contribution in [0.1, 0.15) is 30.2 Å². The number of aromatic nitrogens is 1. The lowest BCUT2D eigenvalue weighted by molar-refractivity contribution is -0.115. The molecule has 1 heterocycles. The van der Waals surface area contributed by atoms with Crippen molar-refractivity contribution in [2.75, 3.05) is 11.1 Å². The summed E-state index contributed by atoms with van der Waals surface area (Å²) >= 11 is 3.29. The van der Waals surface area contributed by atoms with Gasteiger partial charge in [-0.2, -0.15) is 0 Å². The summed E-state index contributed by atoms with van der Waals surface area (Å²) in [5.41, 5.74) is 5.70. The highest BCUT2D eigenvalue weighted by Crippen LogP contribution is 2.33. The van der Waals surface area contributed by atoms with Gasteiger partial charge in [-0.3, -0.25) is 4.79 Å². The number of thiazole rings is 1. The molecule has 4 rings (SSSR count). The molecule has 5 heteroatoms. The molecular formula is C28H28N2OS2. The van der Waals surface area contributed by atoms with E-state index in [1.165, 1.54) is 26.5 Å². The molecule has 3 aromatic carbocycles. The number of carbonyl (C=O) groups is 1. The number of anilines is 1. The van der Waals surface area contributed by atoms with Crippen LogP contribution in [-0.4, -0.2) is 16.6 Å². The smallest absolute Gasteiger partial charge is 0.226 e. The number of rotatable bonds is 9. The van der Waals surface area contributed by atoms with Crippen LogP contribution < -0.4 is 5.32 Å². The summed E-state index contributed by atoms with van der Waals surface area (Å²) in [6.45, 7) is 4.25. The number of nitrogens with one attached hydrogen (secondary N) is 1. The van der Waals surface area contributed by atoms with Crippen LogP contribution in [-0.2, 0) is 11.2 Å². The fourth-order valence-electron chi connectivity index (χ4n) is 3.56. The zero-order chi connectivity index (χ0) is 23.0. The predicted molar refractivity (Wildman–Crippen MR) is 142 cm³/mol. The number of thioether (sulfide) groups is 1. The van der Waals surface area contributed by atoms with Gasteiger partial charge in [-0.05, 0) is 36.6 Å². The van der Waals surface area contributed by atoms with E-state index in [1.54, 1.807) is 23.1 Å². The maximum Gasteiger partial charge on any atom is 0.226 e. The maximum absolute atomic E-state index is 12.5. The zero-order valence-electron chi connectivity index (χ0n) is 19.0. The molecule has 0 aliphatic carbocycles. The Kier molecular flexibility index (Phi) is 7.97. The van der Waals surface area contributed by atoms with Crippen LogP contribution in [0.3, 0.4) is 0 Å². The second kappa shape index (κ2) is 11.3. The number of aryl methyl sites for hydroxylation is 2. The first-order valence-electron chi connectivity index (χ1n) is 11.3. The molecule has 0 unspecified atom stereocenters. The molecule has 0 saturated carbocycles. The summed E-state index contributed by atoms with van der Waals surface area (Å²) in [5, 5.41) is 3.70. The standard InChI is InChI=1S/C28H28N2OS2/c1-3-7-25-27(23-14-12-22(13-15-23)21-8-5-4-6-9-21)30-28(33-25)29-26(31)18-19-32-24-16-10-20(2)11-17-24/h4-6,8-17H,3,7,18-19H2,1-2H3,(H,29,30,31). The second-order valence-electron chi connectivity index (χ2n) is 7.94. The lowest BCUT2D eigenvalue weighted by Gasteiger charge is -2.05. The van der Waals surface area contributed by atoms with E-state index >= 15 is 0 Å². The molecule has 0 fully saturated rings. The van der Waals surface area contributed by atoms with Crippen molar-refractivity contribution in [3.8, 4) is 22.4 Å². The third-order valence-electron chi connectivity index (χ3n) is 5.31. The number of benzene rings is 3. The lowest BCUT2D eigenvalue weighted by Crippen LogP contribution is -2.11. The van der Waals surface area contributed by atoms with E-state index < -0.39 is 0 Å². The molecule has 33 heavy (non-hydrogen) atoms. The Hall–Kier alpha value is -2.89. The summed E-state index contributed by atoms with van der Waals surface area (Å²) in [7, 11) is 0. The molecule has 0 atom stereocenters. The highest BCUT2D eigenvalue weighted by molar-refractivity contribution is 7.99. The maximum atomic E-state index is 12.5. The van der Waals surface area contributed by atoms with E-state index in [4.69, 9.17) is 4.98 Å². The van der Waals surface area contributed by atoms with Crippen LogP contribution in [0.4, 0.5) is 5.13 Å². The van der Waals surface area contributed by atoms with Crippen molar-refractivity contribution >= 4 is 34.1 Å². The SMILES string of the molecule is CCCc1sc(NC(=O)CCSc2ccc(C)cc2)nc1-c1ccc(-c2ccccc2)cc1. The third kappa shape index (κ3) is 6.34. The van der Waals surface area contributed by atoms with Crippen LogP contribution in [0.25, 0.3) is 22.4 Å². The van der Waals surface area contributed by atoms with E-state index in [9.17, 15) is 4.79 Å². The Balaban J connectivity index is 1.41. The Morgan fingerprint density at radius 1 is 0.909 bits per heavy atom. The van der Waals surface area contributed by atoms with Gasteiger partial charge in [-0.15, -0.1) is 23.1 Å². The van der Waals surface area contributed by atoms with Gasteiger partial charge in [0.1, 0.15) is 0 Å². The van der Waals surface area contributed by atoms with Crippen molar-refractivity contribution in [3.05, 3.63) is 89.3 Å². The molecule has 0 saturated heterocycles. The number of hydrogen-bond donors (Lipinski definition) is 1. The molecule has 0 aliphatic heterocycles. The van der Waals surface area contributed by atoms with E-state index in [1.807, 2.05) is 6.07 Å². The quantitative estimate of drug-likeness (QED) is 0.252. The van der Waals surface area contributed by atoms with E-state index in [2.05, 4.69) is 92.0 Å². The molecule has 1 N–H and O–H groups in total. The van der Waals surface area contributed by atoms with Gasteiger partial charge in [0.25, 0.3) is 0 Å². The fraction of sp³-hybridized carbons (Fsp3) is 0.214. The minimum Gasteiger partial charge on any atom is -0.302 e. The van der Waals surface area contributed by atoms with Gasteiger partial charge < -0.3 is 5.32 Å². The van der Waals surface area contributed by atoms with Crippen molar-refractivity contribution in [2.24, 2.45) is 0 Å². The summed E-state index contributed by atoms with van der Waals surface area (Å²) in [6, 6.07) is 27.3. The highest BCUT2D eigenvalue weighted by atomic mass is 32.2. The summed E-state index contributed by atoms with van der Waals surface area (Å²) in [4.78, 5) is 19.7. The molecule has 0 spiro atoms. The Morgan fingerprint density at radius 2 is 1.58 bits per heavy atom. The molecule has 0 bridgehead atoms. The topological polar surface area (TPSA) is 42.0 Å². The van der Waals surface area contributed by atoms with Gasteiger partial charge >= 0.3 is 0 Å². The molecule has 4 aromatic rings. The summed E-state index contributed by atoms with van der Waals surface area (Å²) in [6.07, 6.45) is 2.45. The van der Waals surface area contributed by atoms with Gasteiger partial charge in [-0.1, -0.05) is 85.6 Å². The van der Waals surface area contributed by atoms with E-state index in [0.29, 0.717) is 11.6 Å². The Bertz CT molecular complexity index is 1180. The van der Waals surface area contributed by atoms with Gasteiger partial charge in [0.2, 0.25) is 5.91 Å². The van der Waals surface area contributed by atoms with Crippen molar-refractivity contribution in [3.63, 3.8) is 0 Å². The largest absolute Gasteiger partial charge is 0.302 e. The van der Waals surface area contributed by atoms with Gasteiger partial charge in [0.15, 0.2) is 5.13 Å². The number of hydrogen-bond acceptors (Lipinski definition) is 4. The molecule has 168 valence electrons. The van der Waals surface area contributed by atoms with Crippen molar-refractivity contribution < 1.29 is 4.79 Å². The summed E-state index contributed by atoms with van der Waals surface area (Å²) in [5.74, 6) is 0.757. The molecule has 1 amide bonds. The average molecular weight is 473 g/mol. The van der Waals surface area contributed by atoms with Crippen LogP contribution >= 0.6 is 23.1 Å². The van der Waals surface area contributed by atoms with Crippen LogP contribution in [0.15, 0.2) is 83.8 Å².